The van der Waals surface area contributed by atoms with E-state index in [1.54, 1.807) is 19.0 Å². The molecule has 0 fully saturated rings. The molecular weight excluding hydrogens is 238 g/mol. The van der Waals surface area contributed by atoms with Crippen LogP contribution >= 0.6 is 0 Å². The minimum absolute atomic E-state index is 0.0729. The number of rotatable bonds is 1. The highest BCUT2D eigenvalue weighted by Crippen LogP contribution is 2.08. The molecule has 2 aromatic heterocycles. The molecule has 0 aliphatic rings. The summed E-state index contributed by atoms with van der Waals surface area (Å²) in [4.78, 5) is 25.6. The molecule has 0 atom stereocenters. The van der Waals surface area contributed by atoms with Crippen LogP contribution in [0.25, 0.3) is 11.0 Å². The Hall–Kier alpha value is -2.38. The first-order valence-corrected chi connectivity index (χ1v) is 5.22. The van der Waals surface area contributed by atoms with E-state index in [0.717, 1.165) is 4.57 Å². The molecule has 8 nitrogen and oxygen atoms in total. The van der Waals surface area contributed by atoms with Crippen molar-refractivity contribution < 1.29 is 4.85 Å². The second kappa shape index (κ2) is 3.83. The largest absolute Gasteiger partial charge is 0.691 e. The van der Waals surface area contributed by atoms with Crippen LogP contribution in [0.2, 0.25) is 0 Å². The van der Waals surface area contributed by atoms with Gasteiger partial charge in [-0.3, -0.25) is 18.8 Å². The molecule has 2 aromatic rings. The predicted octanol–water partition coefficient (Wildman–Crippen LogP) is -1.67. The summed E-state index contributed by atoms with van der Waals surface area (Å²) in [6, 6.07) is 1.43. The van der Waals surface area contributed by atoms with Gasteiger partial charge in [-0.05, 0) is 0 Å². The Labute approximate surface area is 102 Å². The van der Waals surface area contributed by atoms with Crippen LogP contribution in [0.1, 0.15) is 0 Å². The fourth-order valence-corrected chi connectivity index (χ4v) is 1.73. The first-order chi connectivity index (χ1) is 8.34. The summed E-state index contributed by atoms with van der Waals surface area (Å²) in [5, 5.41) is 15.6. The van der Waals surface area contributed by atoms with Crippen LogP contribution in [0.3, 0.4) is 0 Å². The van der Waals surface area contributed by atoms with Gasteiger partial charge in [-0.2, -0.15) is 0 Å². The minimum Gasteiger partial charge on any atom is -0.691 e. The van der Waals surface area contributed by atoms with Gasteiger partial charge in [-0.25, -0.2) is 4.79 Å². The van der Waals surface area contributed by atoms with Crippen LogP contribution in [-0.2, 0) is 14.1 Å². The summed E-state index contributed by atoms with van der Waals surface area (Å²) in [5.41, 5.74) is -0.911. The first kappa shape index (κ1) is 12.1. The van der Waals surface area contributed by atoms with Gasteiger partial charge in [0.15, 0.2) is 5.65 Å². The van der Waals surface area contributed by atoms with Crippen molar-refractivity contribution in [3.05, 3.63) is 32.1 Å². The molecule has 0 radical (unpaired) electrons. The van der Waals surface area contributed by atoms with Gasteiger partial charge in [0, 0.05) is 20.2 Å². The Kier molecular flexibility index (Phi) is 2.57. The van der Waals surface area contributed by atoms with Crippen molar-refractivity contribution in [3.8, 4) is 0 Å². The lowest BCUT2D eigenvalue weighted by Crippen LogP contribution is -2.43. The van der Waals surface area contributed by atoms with E-state index in [4.69, 9.17) is 0 Å². The third-order valence-corrected chi connectivity index (χ3v) is 2.78. The van der Waals surface area contributed by atoms with Gasteiger partial charge in [0.05, 0.1) is 19.5 Å². The van der Waals surface area contributed by atoms with Crippen LogP contribution < -0.4 is 21.0 Å². The molecule has 8 heteroatoms. The summed E-state index contributed by atoms with van der Waals surface area (Å²) >= 11 is 0. The van der Waals surface area contributed by atoms with Crippen molar-refractivity contribution in [1.82, 2.24) is 14.2 Å². The van der Waals surface area contributed by atoms with Gasteiger partial charge in [0.25, 0.3) is 5.56 Å². The van der Waals surface area contributed by atoms with E-state index in [1.165, 1.54) is 24.7 Å². The van der Waals surface area contributed by atoms with E-state index >= 15 is 0 Å². The maximum absolute atomic E-state index is 12.0. The molecule has 0 N–H and O–H groups in total. The summed E-state index contributed by atoms with van der Waals surface area (Å²) in [5.74, 6) is 0.234. The lowest BCUT2D eigenvalue weighted by Gasteiger charge is -2.13. The number of nitrogens with zero attached hydrogens (tertiary/aromatic N) is 5. The molecule has 0 saturated heterocycles. The minimum atomic E-state index is -0.516. The highest BCUT2D eigenvalue weighted by Gasteiger charge is 2.16. The molecule has 18 heavy (non-hydrogen) atoms. The Morgan fingerprint density at radius 2 is 1.89 bits per heavy atom. The standard InChI is InChI=1S/C10H13N5O3/c1-12(2)7-5-6-8(11-15(7)18)13(3)10(17)14(4)9(6)16/h5H,1-4H3. The van der Waals surface area contributed by atoms with Gasteiger partial charge in [-0.1, -0.05) is 5.10 Å². The molecule has 2 rings (SSSR count). The first-order valence-electron chi connectivity index (χ1n) is 5.22. The van der Waals surface area contributed by atoms with E-state index in [1.807, 2.05) is 0 Å². The van der Waals surface area contributed by atoms with Crippen molar-refractivity contribution >= 4 is 16.9 Å². The molecule has 0 unspecified atom stereocenters. The zero-order chi connectivity index (χ0) is 13.6. The zero-order valence-corrected chi connectivity index (χ0v) is 10.5. The van der Waals surface area contributed by atoms with Crippen LogP contribution in [0.4, 0.5) is 5.82 Å². The topological polar surface area (TPSA) is 87.1 Å². The highest BCUT2D eigenvalue weighted by molar-refractivity contribution is 5.75. The van der Waals surface area contributed by atoms with Gasteiger partial charge < -0.3 is 5.21 Å². The van der Waals surface area contributed by atoms with Crippen molar-refractivity contribution in [3.63, 3.8) is 0 Å². The fourth-order valence-electron chi connectivity index (χ4n) is 1.73. The van der Waals surface area contributed by atoms with Crippen LogP contribution in [0, 0.1) is 5.21 Å². The predicted molar refractivity (Wildman–Crippen MR) is 65.5 cm³/mol. The van der Waals surface area contributed by atoms with E-state index in [9.17, 15) is 14.8 Å². The maximum atomic E-state index is 12.0. The molecule has 0 aliphatic heterocycles. The molecule has 2 heterocycles. The fraction of sp³-hybridized carbons (Fsp3) is 0.400. The van der Waals surface area contributed by atoms with Gasteiger partial charge >= 0.3 is 11.5 Å². The van der Waals surface area contributed by atoms with E-state index in [0.29, 0.717) is 4.85 Å². The summed E-state index contributed by atoms with van der Waals surface area (Å²) in [6.45, 7) is 0. The van der Waals surface area contributed by atoms with Crippen LogP contribution in [0.5, 0.6) is 0 Å². The number of aryl methyl sites for hydroxylation is 1. The van der Waals surface area contributed by atoms with Crippen LogP contribution in [-0.4, -0.2) is 28.3 Å². The summed E-state index contributed by atoms with van der Waals surface area (Å²) in [6.07, 6.45) is 0. The van der Waals surface area contributed by atoms with Crippen molar-refractivity contribution in [1.29, 1.82) is 0 Å². The third-order valence-electron chi connectivity index (χ3n) is 2.78. The Balaban J connectivity index is 3.04. The zero-order valence-electron chi connectivity index (χ0n) is 10.5. The second-order valence-electron chi connectivity index (χ2n) is 4.21. The number of fused-ring (bicyclic) bond motifs is 1. The van der Waals surface area contributed by atoms with Crippen molar-refractivity contribution in [2.45, 2.75) is 0 Å². The molecule has 0 aromatic carbocycles. The summed E-state index contributed by atoms with van der Waals surface area (Å²) < 4.78 is 2.16. The lowest BCUT2D eigenvalue weighted by atomic mass is 10.3. The molecule has 0 aliphatic carbocycles. The van der Waals surface area contributed by atoms with Gasteiger partial charge in [-0.15, -0.1) is 4.85 Å². The monoisotopic (exact) mass is 251 g/mol. The van der Waals surface area contributed by atoms with E-state index in [-0.39, 0.29) is 16.9 Å². The lowest BCUT2D eigenvalue weighted by molar-refractivity contribution is -0.654. The second-order valence-corrected chi connectivity index (χ2v) is 4.21. The molecule has 0 spiro atoms. The average molecular weight is 251 g/mol. The summed E-state index contributed by atoms with van der Waals surface area (Å²) in [7, 11) is 6.19. The van der Waals surface area contributed by atoms with Crippen molar-refractivity contribution in [2.24, 2.45) is 14.1 Å². The van der Waals surface area contributed by atoms with E-state index < -0.39 is 11.2 Å². The Bertz CT molecular complexity index is 744. The number of aromatic nitrogens is 4. The molecule has 0 saturated carbocycles. The normalized spacial score (nSPS) is 10.9. The molecule has 0 bridgehead atoms. The SMILES string of the molecule is CN(C)c1cc2c(=O)n(C)c(=O)n(C)c2n[n+]1[O-]. The Morgan fingerprint density at radius 1 is 1.28 bits per heavy atom. The molecular formula is C10H13N5O3. The number of hydrogen-bond donors (Lipinski definition) is 0. The van der Waals surface area contributed by atoms with E-state index in [2.05, 4.69) is 5.10 Å². The Morgan fingerprint density at radius 3 is 2.44 bits per heavy atom. The number of hydrogen-bond acceptors (Lipinski definition) is 5. The quantitative estimate of drug-likeness (QED) is 0.447. The maximum Gasteiger partial charge on any atom is 0.332 e. The third kappa shape index (κ3) is 1.53. The number of anilines is 1. The van der Waals surface area contributed by atoms with Crippen molar-refractivity contribution in [2.75, 3.05) is 19.0 Å². The average Bonchev–Trinajstić information content (AvgIpc) is 2.33. The van der Waals surface area contributed by atoms with Gasteiger partial charge in [0.1, 0.15) is 0 Å². The molecule has 0 amide bonds. The molecule has 96 valence electrons. The smallest absolute Gasteiger partial charge is 0.332 e. The van der Waals surface area contributed by atoms with Crippen LogP contribution in [0.15, 0.2) is 15.7 Å². The highest BCUT2D eigenvalue weighted by atomic mass is 16.5. The van der Waals surface area contributed by atoms with Gasteiger partial charge in [0.2, 0.25) is 0 Å².